The van der Waals surface area contributed by atoms with Crippen LogP contribution in [0.2, 0.25) is 0 Å². The fourth-order valence-corrected chi connectivity index (χ4v) is 14.9. The van der Waals surface area contributed by atoms with Gasteiger partial charge in [0, 0.05) is 0 Å². The van der Waals surface area contributed by atoms with E-state index in [2.05, 4.69) is 128 Å². The quantitative estimate of drug-likeness (QED) is 0.326. The molecule has 0 nitrogen and oxygen atoms in total. The Morgan fingerprint density at radius 3 is 1.35 bits per heavy atom. The van der Waals surface area contributed by atoms with E-state index in [1.54, 1.807) is 15.9 Å². The number of rotatable bonds is 6. The van der Waals surface area contributed by atoms with Crippen LogP contribution < -0.4 is 15.9 Å². The van der Waals surface area contributed by atoms with Crippen molar-refractivity contribution in [2.45, 2.75) is 25.4 Å². The van der Waals surface area contributed by atoms with Crippen molar-refractivity contribution in [1.29, 1.82) is 0 Å². The van der Waals surface area contributed by atoms with Crippen LogP contribution in [0.25, 0.3) is 0 Å². The average molecular weight is 423 g/mol. The molecule has 0 saturated carbocycles. The first-order valence-electron chi connectivity index (χ1n) is 11.5. The molecule has 0 spiro atoms. The molecule has 1 heterocycles. The molecule has 1 fully saturated rings. The molecule has 2 atom stereocenters. The summed E-state index contributed by atoms with van der Waals surface area (Å²) in [5.74, 6) is 0.710. The van der Waals surface area contributed by atoms with Gasteiger partial charge in [0.25, 0.3) is 0 Å². The molecule has 1 heteroatoms. The first kappa shape index (κ1) is 20.2. The van der Waals surface area contributed by atoms with Crippen LogP contribution in [0.3, 0.4) is 0 Å². The third-order valence-corrected chi connectivity index (χ3v) is 15.7. The molecule has 4 aromatic carbocycles. The third-order valence-electron chi connectivity index (χ3n) is 7.67. The van der Waals surface area contributed by atoms with E-state index in [4.69, 9.17) is 0 Å². The standard InChI is InChI=1S/C30H31P/c1-25-24-31(27-16-8-3-9-17-27,28-18-10-4-11-19-28,29-20-12-5-13-21-29)30(25)23-22-26-14-6-2-7-15-26/h2-21,25,30H,22-24H2,1H3/t25-,30+/m0/s1. The van der Waals surface area contributed by atoms with Crippen LogP contribution in [0.5, 0.6) is 0 Å². The van der Waals surface area contributed by atoms with Crippen molar-refractivity contribution < 1.29 is 0 Å². The van der Waals surface area contributed by atoms with Crippen LogP contribution >= 0.6 is 6.60 Å². The van der Waals surface area contributed by atoms with Crippen LogP contribution in [0.15, 0.2) is 121 Å². The molecule has 1 saturated heterocycles. The predicted octanol–water partition coefficient (Wildman–Crippen LogP) is 6.17. The van der Waals surface area contributed by atoms with E-state index in [1.165, 1.54) is 18.1 Å². The summed E-state index contributed by atoms with van der Waals surface area (Å²) < 4.78 is 0. The molecule has 5 rings (SSSR count). The molecule has 0 aromatic heterocycles. The molecule has 1 aliphatic rings. The Labute approximate surface area is 186 Å². The van der Waals surface area contributed by atoms with Crippen molar-refractivity contribution in [2.75, 3.05) is 6.16 Å². The molecule has 156 valence electrons. The average Bonchev–Trinajstić information content (AvgIpc) is 2.85. The summed E-state index contributed by atoms with van der Waals surface area (Å²) in [6.45, 7) is -0.104. The zero-order chi connectivity index (χ0) is 21.2. The molecule has 0 radical (unpaired) electrons. The van der Waals surface area contributed by atoms with Gasteiger partial charge in [-0.2, -0.15) is 0 Å². The molecular formula is C30H31P. The van der Waals surface area contributed by atoms with Crippen molar-refractivity contribution in [1.82, 2.24) is 0 Å². The normalized spacial score (nSPS) is 22.5. The van der Waals surface area contributed by atoms with Crippen molar-refractivity contribution in [3.8, 4) is 0 Å². The van der Waals surface area contributed by atoms with Gasteiger partial charge in [-0.25, -0.2) is 0 Å². The number of benzene rings is 4. The van der Waals surface area contributed by atoms with Crippen LogP contribution in [0.4, 0.5) is 0 Å². The van der Waals surface area contributed by atoms with Gasteiger partial charge in [0.1, 0.15) is 0 Å². The van der Waals surface area contributed by atoms with Gasteiger partial charge in [0.2, 0.25) is 0 Å². The maximum absolute atomic E-state index is 2.59. The number of hydrogen-bond acceptors (Lipinski definition) is 0. The Bertz CT molecular complexity index is 1020. The molecule has 0 N–H and O–H groups in total. The van der Waals surface area contributed by atoms with Gasteiger partial charge in [0.05, 0.1) is 0 Å². The molecule has 0 amide bonds. The summed E-state index contributed by atoms with van der Waals surface area (Å²) in [4.78, 5) is 0. The van der Waals surface area contributed by atoms with Gasteiger partial charge in [-0.15, -0.1) is 0 Å². The predicted molar refractivity (Wildman–Crippen MR) is 138 cm³/mol. The molecule has 1 aliphatic heterocycles. The Morgan fingerprint density at radius 2 is 0.968 bits per heavy atom. The van der Waals surface area contributed by atoms with Crippen molar-refractivity contribution >= 4 is 22.5 Å². The van der Waals surface area contributed by atoms with Gasteiger partial charge in [-0.1, -0.05) is 0 Å². The van der Waals surface area contributed by atoms with Gasteiger partial charge >= 0.3 is 187 Å². The van der Waals surface area contributed by atoms with Gasteiger partial charge < -0.3 is 0 Å². The second-order valence-electron chi connectivity index (χ2n) is 9.14. The zero-order valence-corrected chi connectivity index (χ0v) is 19.2. The summed E-state index contributed by atoms with van der Waals surface area (Å²) in [6, 6.07) is 45.5. The summed E-state index contributed by atoms with van der Waals surface area (Å²) in [5, 5.41) is 4.67. The van der Waals surface area contributed by atoms with Crippen LogP contribution in [0.1, 0.15) is 18.9 Å². The van der Waals surface area contributed by atoms with Crippen molar-refractivity contribution in [2.24, 2.45) is 5.92 Å². The number of hydrogen-bond donors (Lipinski definition) is 0. The topological polar surface area (TPSA) is 0 Å². The fraction of sp³-hybridized carbons (Fsp3) is 0.200. The summed E-state index contributed by atoms with van der Waals surface area (Å²) in [7, 11) is 0. The van der Waals surface area contributed by atoms with Crippen molar-refractivity contribution in [3.63, 3.8) is 0 Å². The monoisotopic (exact) mass is 422 g/mol. The van der Waals surface area contributed by atoms with Crippen molar-refractivity contribution in [3.05, 3.63) is 127 Å². The molecule has 0 unspecified atom stereocenters. The molecule has 0 aliphatic carbocycles. The molecule has 31 heavy (non-hydrogen) atoms. The van der Waals surface area contributed by atoms with E-state index in [0.717, 1.165) is 6.42 Å². The first-order valence-corrected chi connectivity index (χ1v) is 14.0. The maximum atomic E-state index is 2.48. The molecule has 4 aromatic rings. The molecular weight excluding hydrogens is 391 g/mol. The second-order valence-corrected chi connectivity index (χ2v) is 14.5. The molecule has 0 bridgehead atoms. The van der Waals surface area contributed by atoms with E-state index >= 15 is 0 Å². The SMILES string of the molecule is C[C@H]1CP(c2ccccc2)(c2ccccc2)(c2ccccc2)[C@@H]1CCc1ccccc1. The van der Waals surface area contributed by atoms with E-state index in [0.29, 0.717) is 11.6 Å². The van der Waals surface area contributed by atoms with Crippen LogP contribution in [0, 0.1) is 5.92 Å². The van der Waals surface area contributed by atoms with E-state index in [9.17, 15) is 0 Å². The minimum absolute atomic E-state index is 0.651. The fourth-order valence-electron chi connectivity index (χ4n) is 6.45. The van der Waals surface area contributed by atoms with E-state index in [1.807, 2.05) is 0 Å². The van der Waals surface area contributed by atoms with Gasteiger partial charge in [-0.3, -0.25) is 0 Å². The van der Waals surface area contributed by atoms with E-state index < -0.39 is 6.60 Å². The van der Waals surface area contributed by atoms with Crippen LogP contribution in [-0.2, 0) is 6.42 Å². The first-order chi connectivity index (χ1) is 15.3. The Morgan fingerprint density at radius 1 is 0.581 bits per heavy atom. The van der Waals surface area contributed by atoms with Gasteiger partial charge in [0.15, 0.2) is 0 Å². The summed E-state index contributed by atoms with van der Waals surface area (Å²) in [5.41, 5.74) is 2.10. The summed E-state index contributed by atoms with van der Waals surface area (Å²) >= 11 is 0. The van der Waals surface area contributed by atoms with Gasteiger partial charge in [-0.05, 0) is 0 Å². The zero-order valence-electron chi connectivity index (χ0n) is 18.3. The minimum atomic E-state index is -2.59. The second kappa shape index (κ2) is 8.10. The van der Waals surface area contributed by atoms with E-state index in [-0.39, 0.29) is 0 Å². The Hall–Kier alpha value is -2.69. The number of aryl methyl sites for hydroxylation is 1. The van der Waals surface area contributed by atoms with Crippen LogP contribution in [-0.4, -0.2) is 11.8 Å². The third kappa shape index (κ3) is 3.00. The summed E-state index contributed by atoms with van der Waals surface area (Å²) in [6.07, 6.45) is 3.63. The Kier molecular flexibility index (Phi) is 5.28. The Balaban J connectivity index is 1.75.